The second kappa shape index (κ2) is 10.6. The highest BCUT2D eigenvalue weighted by Crippen LogP contribution is 2.46. The van der Waals surface area contributed by atoms with E-state index in [4.69, 9.17) is 4.74 Å². The number of carbonyl (C=O) groups excluding carboxylic acids is 3. The number of carbonyl (C=O) groups is 3. The Morgan fingerprint density at radius 3 is 2.40 bits per heavy atom. The highest BCUT2D eigenvalue weighted by atomic mass is 32.1. The van der Waals surface area contributed by atoms with E-state index in [1.54, 1.807) is 34.2 Å². The van der Waals surface area contributed by atoms with Gasteiger partial charge in [-0.25, -0.2) is 9.78 Å². The summed E-state index contributed by atoms with van der Waals surface area (Å²) < 4.78 is 5.89. The van der Waals surface area contributed by atoms with Gasteiger partial charge in [0.05, 0.1) is 22.4 Å². The number of benzene rings is 3. The Bertz CT molecular complexity index is 1810. The van der Waals surface area contributed by atoms with Gasteiger partial charge in [0.25, 0.3) is 11.8 Å². The van der Waals surface area contributed by atoms with Crippen molar-refractivity contribution >= 4 is 56.5 Å². The van der Waals surface area contributed by atoms with E-state index in [1.165, 1.54) is 11.3 Å². The summed E-state index contributed by atoms with van der Waals surface area (Å²) in [5.74, 6) is 1.02. The third-order valence-corrected chi connectivity index (χ3v) is 8.45. The minimum atomic E-state index is -0.375. The number of likely N-dealkylation sites (tertiary alicyclic amines) is 1. The van der Waals surface area contributed by atoms with Crippen molar-refractivity contribution in [1.82, 2.24) is 15.2 Å². The second-order valence-corrected chi connectivity index (χ2v) is 11.1. The van der Waals surface area contributed by atoms with E-state index in [1.807, 2.05) is 72.8 Å². The van der Waals surface area contributed by atoms with Gasteiger partial charge in [0, 0.05) is 30.9 Å². The molecule has 42 heavy (non-hydrogen) atoms. The maximum atomic E-state index is 13.5. The molecule has 10 heteroatoms. The maximum absolute atomic E-state index is 13.5. The van der Waals surface area contributed by atoms with Crippen molar-refractivity contribution in [2.24, 2.45) is 0 Å². The Morgan fingerprint density at radius 2 is 1.64 bits per heavy atom. The lowest BCUT2D eigenvalue weighted by Gasteiger charge is -2.28. The zero-order valence-electron chi connectivity index (χ0n) is 22.3. The summed E-state index contributed by atoms with van der Waals surface area (Å²) >= 11 is 1.24. The molecule has 208 valence electrons. The maximum Gasteiger partial charge on any atom is 0.331 e. The minimum Gasteiger partial charge on any atom is -0.457 e. The number of thiophene rings is 1. The Balaban J connectivity index is 1.11. The number of anilines is 3. The lowest BCUT2D eigenvalue weighted by molar-refractivity contribution is 0.0783. The number of urea groups is 1. The van der Waals surface area contributed by atoms with Gasteiger partial charge in [0.1, 0.15) is 21.2 Å². The van der Waals surface area contributed by atoms with Crippen LogP contribution in [0.2, 0.25) is 0 Å². The number of ether oxygens (including phenoxy) is 1. The van der Waals surface area contributed by atoms with Crippen LogP contribution < -0.4 is 20.3 Å². The predicted molar refractivity (Wildman–Crippen MR) is 162 cm³/mol. The molecule has 4 heterocycles. The molecule has 3 aromatic carbocycles. The highest BCUT2D eigenvalue weighted by Gasteiger charge is 2.34. The predicted octanol–water partition coefficient (Wildman–Crippen LogP) is 6.42. The molecule has 7 rings (SSSR count). The molecule has 4 amide bonds. The van der Waals surface area contributed by atoms with Gasteiger partial charge in [-0.05, 0) is 61.0 Å². The summed E-state index contributed by atoms with van der Waals surface area (Å²) in [4.78, 5) is 48.6. The van der Waals surface area contributed by atoms with Crippen molar-refractivity contribution < 1.29 is 19.1 Å². The van der Waals surface area contributed by atoms with Crippen molar-refractivity contribution in [3.8, 4) is 11.5 Å². The van der Waals surface area contributed by atoms with Crippen LogP contribution in [0.15, 0.2) is 97.2 Å². The highest BCUT2D eigenvalue weighted by molar-refractivity contribution is 7.21. The van der Waals surface area contributed by atoms with E-state index in [2.05, 4.69) is 15.6 Å². The lowest BCUT2D eigenvalue weighted by Crippen LogP contribution is -2.39. The topological polar surface area (TPSA) is 104 Å². The van der Waals surface area contributed by atoms with Gasteiger partial charge in [0.2, 0.25) is 0 Å². The van der Waals surface area contributed by atoms with Crippen molar-refractivity contribution in [2.75, 3.05) is 23.3 Å². The molecular weight excluding hydrogens is 550 g/mol. The van der Waals surface area contributed by atoms with Crippen LogP contribution >= 0.6 is 11.3 Å². The van der Waals surface area contributed by atoms with Crippen LogP contribution in [0.3, 0.4) is 0 Å². The molecule has 0 spiro atoms. The van der Waals surface area contributed by atoms with Gasteiger partial charge in [-0.3, -0.25) is 14.5 Å². The largest absolute Gasteiger partial charge is 0.457 e. The first kappa shape index (κ1) is 25.7. The molecule has 0 radical (unpaired) electrons. The molecule has 0 saturated carbocycles. The van der Waals surface area contributed by atoms with E-state index in [0.717, 1.165) is 5.75 Å². The Labute approximate surface area is 245 Å². The third kappa shape index (κ3) is 4.71. The quantitative estimate of drug-likeness (QED) is 0.243. The number of amides is 4. The second-order valence-electron chi connectivity index (χ2n) is 10.1. The standard InChI is InChI=1S/C32H25N5O4S/c38-29(34-21-16-18-36(19-21)31(39)20-7-3-1-4-8-20)28-27-26-25(15-17-33-30(26)42-28)37(32(40)35-27)22-11-13-24(14-12-22)41-23-9-5-2-6-10-23/h1-15,17,21H,16,18-19H2,(H,34,38)(H,35,40)/t21-/m1/s1. The Morgan fingerprint density at radius 1 is 0.929 bits per heavy atom. The molecule has 2 aliphatic rings. The third-order valence-electron chi connectivity index (χ3n) is 7.36. The number of nitrogens with zero attached hydrogens (tertiary/aromatic N) is 3. The van der Waals surface area contributed by atoms with Crippen molar-refractivity contribution in [1.29, 1.82) is 0 Å². The molecule has 1 fully saturated rings. The molecular formula is C32H25N5O4S. The fraction of sp³-hybridized carbons (Fsp3) is 0.125. The molecule has 1 saturated heterocycles. The summed E-state index contributed by atoms with van der Waals surface area (Å²) in [6, 6.07) is 27.1. The van der Waals surface area contributed by atoms with Crippen LogP contribution in [0, 0.1) is 0 Å². The molecule has 0 unspecified atom stereocenters. The Hall–Kier alpha value is -5.22. The molecule has 2 N–H and O–H groups in total. The first-order valence-corrected chi connectivity index (χ1v) is 14.4. The smallest absolute Gasteiger partial charge is 0.331 e. The average molecular weight is 576 g/mol. The fourth-order valence-corrected chi connectivity index (χ4v) is 6.39. The van der Waals surface area contributed by atoms with Crippen LogP contribution in [-0.2, 0) is 0 Å². The number of rotatable bonds is 6. The molecule has 5 aromatic rings. The summed E-state index contributed by atoms with van der Waals surface area (Å²) in [5.41, 5.74) is 2.38. The van der Waals surface area contributed by atoms with Crippen molar-refractivity contribution in [3.05, 3.63) is 108 Å². The fourth-order valence-electron chi connectivity index (χ4n) is 5.37. The summed E-state index contributed by atoms with van der Waals surface area (Å²) in [6.07, 6.45) is 2.29. The number of aromatic nitrogens is 1. The molecule has 9 nitrogen and oxygen atoms in total. The van der Waals surface area contributed by atoms with Crippen LogP contribution in [0.4, 0.5) is 21.9 Å². The van der Waals surface area contributed by atoms with E-state index in [9.17, 15) is 14.4 Å². The first-order valence-electron chi connectivity index (χ1n) is 13.6. The van der Waals surface area contributed by atoms with Gasteiger partial charge in [-0.15, -0.1) is 11.3 Å². The number of hydrogen-bond acceptors (Lipinski definition) is 6. The zero-order chi connectivity index (χ0) is 28.6. The van der Waals surface area contributed by atoms with E-state index >= 15 is 0 Å². The van der Waals surface area contributed by atoms with Crippen molar-refractivity contribution in [3.63, 3.8) is 0 Å². The van der Waals surface area contributed by atoms with E-state index in [-0.39, 0.29) is 23.9 Å². The number of para-hydroxylation sites is 1. The van der Waals surface area contributed by atoms with Crippen LogP contribution in [0.1, 0.15) is 26.5 Å². The normalized spacial score (nSPS) is 15.9. The molecule has 2 aromatic heterocycles. The summed E-state index contributed by atoms with van der Waals surface area (Å²) in [6.45, 7) is 0.984. The molecule has 0 aliphatic carbocycles. The zero-order valence-corrected chi connectivity index (χ0v) is 23.1. The molecule has 1 atom stereocenters. The van der Waals surface area contributed by atoms with Gasteiger partial charge in [-0.2, -0.15) is 0 Å². The summed E-state index contributed by atoms with van der Waals surface area (Å²) in [7, 11) is 0. The van der Waals surface area contributed by atoms with Crippen molar-refractivity contribution in [2.45, 2.75) is 12.5 Å². The van der Waals surface area contributed by atoms with E-state index in [0.29, 0.717) is 63.0 Å². The monoisotopic (exact) mass is 575 g/mol. The lowest BCUT2D eigenvalue weighted by atomic mass is 10.1. The molecule has 2 aliphatic heterocycles. The minimum absolute atomic E-state index is 0.0508. The number of pyridine rings is 1. The van der Waals surface area contributed by atoms with Crippen LogP contribution in [0.5, 0.6) is 11.5 Å². The number of hydrogen-bond donors (Lipinski definition) is 2. The molecule has 0 bridgehead atoms. The summed E-state index contributed by atoms with van der Waals surface area (Å²) in [5, 5.41) is 6.71. The first-order chi connectivity index (χ1) is 20.5. The van der Waals surface area contributed by atoms with Gasteiger partial charge >= 0.3 is 6.03 Å². The average Bonchev–Trinajstić information content (AvgIpc) is 3.64. The number of nitrogens with one attached hydrogen (secondary N) is 2. The van der Waals surface area contributed by atoms with Crippen LogP contribution in [0.25, 0.3) is 10.2 Å². The van der Waals surface area contributed by atoms with E-state index < -0.39 is 0 Å². The SMILES string of the molecule is O=C(N[C@@H]1CCN(C(=O)c2ccccc2)C1)c1sc2nccc3c2c1NC(=O)N3c1ccc(Oc2ccccc2)cc1. The Kier molecular flexibility index (Phi) is 6.52. The van der Waals surface area contributed by atoms with Crippen LogP contribution in [-0.4, -0.2) is 46.9 Å². The van der Waals surface area contributed by atoms with Gasteiger partial charge < -0.3 is 20.3 Å². The van der Waals surface area contributed by atoms with Gasteiger partial charge in [-0.1, -0.05) is 36.4 Å². The van der Waals surface area contributed by atoms with Gasteiger partial charge in [0.15, 0.2) is 0 Å².